The number of benzene rings is 1. The average molecular weight is 357 g/mol. The van der Waals surface area contributed by atoms with E-state index >= 15 is 0 Å². The van der Waals surface area contributed by atoms with Crippen molar-refractivity contribution in [2.45, 2.75) is 66.1 Å². The summed E-state index contributed by atoms with van der Waals surface area (Å²) < 4.78 is 0. The Labute approximate surface area is 157 Å². The molecule has 0 spiro atoms. The van der Waals surface area contributed by atoms with Gasteiger partial charge in [0.1, 0.15) is 0 Å². The number of unbranched alkanes of at least 4 members (excludes halogenated alkanes) is 1. The third-order valence-electron chi connectivity index (χ3n) is 5.88. The SMILES string of the molecule is CCCC/C(=C/S(C)(C)C1C(C)=C(C)C(C)=C1C)c1ccccc1C. The molecular formula is C24H36S. The highest BCUT2D eigenvalue weighted by molar-refractivity contribution is 8.35. The van der Waals surface area contributed by atoms with E-state index in [1.807, 2.05) is 0 Å². The summed E-state index contributed by atoms with van der Waals surface area (Å²) in [5, 5.41) is 3.27. The molecule has 0 nitrogen and oxygen atoms in total. The summed E-state index contributed by atoms with van der Waals surface area (Å²) >= 11 is 0. The lowest BCUT2D eigenvalue weighted by Crippen LogP contribution is -2.16. The van der Waals surface area contributed by atoms with Gasteiger partial charge in [-0.25, -0.2) is 10.0 Å². The monoisotopic (exact) mass is 356 g/mol. The zero-order chi connectivity index (χ0) is 18.8. The van der Waals surface area contributed by atoms with Crippen LogP contribution in [-0.2, 0) is 0 Å². The van der Waals surface area contributed by atoms with Crippen molar-refractivity contribution in [3.8, 4) is 0 Å². The molecule has 0 atom stereocenters. The highest BCUT2D eigenvalue weighted by Crippen LogP contribution is 2.58. The van der Waals surface area contributed by atoms with Gasteiger partial charge in [0.2, 0.25) is 0 Å². The standard InChI is InChI=1S/C24H36S/c1-9-10-14-22(23-15-12-11-13-17(23)2)16-25(7,8)24-20(5)18(3)19(4)21(24)6/h11-13,15-16,24H,9-10,14H2,1-8H3/b22-16-. The van der Waals surface area contributed by atoms with Crippen molar-refractivity contribution in [2.75, 3.05) is 12.5 Å². The van der Waals surface area contributed by atoms with Gasteiger partial charge in [-0.05, 0) is 93.2 Å². The quantitative estimate of drug-likeness (QED) is 0.491. The average Bonchev–Trinajstić information content (AvgIpc) is 2.76. The predicted octanol–water partition coefficient (Wildman–Crippen LogP) is 7.65. The molecular weight excluding hydrogens is 320 g/mol. The van der Waals surface area contributed by atoms with E-state index in [1.165, 1.54) is 41.5 Å². The van der Waals surface area contributed by atoms with Gasteiger partial charge in [-0.2, -0.15) is 0 Å². The molecule has 0 heterocycles. The van der Waals surface area contributed by atoms with Crippen LogP contribution in [0, 0.1) is 6.92 Å². The first-order valence-corrected chi connectivity index (χ1v) is 12.1. The van der Waals surface area contributed by atoms with Gasteiger partial charge in [0.15, 0.2) is 0 Å². The molecule has 0 aliphatic heterocycles. The minimum Gasteiger partial charge on any atom is -0.216 e. The lowest BCUT2D eigenvalue weighted by atomic mass is 9.98. The number of rotatable bonds is 6. The van der Waals surface area contributed by atoms with E-state index in [2.05, 4.69) is 83.7 Å². The first kappa shape index (κ1) is 20.1. The molecule has 0 radical (unpaired) electrons. The molecule has 0 N–H and O–H groups in total. The van der Waals surface area contributed by atoms with Gasteiger partial charge in [-0.15, -0.1) is 0 Å². The Morgan fingerprint density at radius 1 is 0.960 bits per heavy atom. The van der Waals surface area contributed by atoms with E-state index in [-0.39, 0.29) is 0 Å². The maximum atomic E-state index is 2.66. The van der Waals surface area contributed by atoms with Crippen LogP contribution >= 0.6 is 10.0 Å². The molecule has 0 saturated carbocycles. The van der Waals surface area contributed by atoms with E-state index in [1.54, 1.807) is 16.7 Å². The maximum Gasteiger partial charge on any atom is 0.0344 e. The van der Waals surface area contributed by atoms with Crippen LogP contribution in [0.15, 0.2) is 52.0 Å². The van der Waals surface area contributed by atoms with Crippen molar-refractivity contribution in [1.82, 2.24) is 0 Å². The zero-order valence-electron chi connectivity index (χ0n) is 17.5. The fourth-order valence-corrected chi connectivity index (χ4v) is 7.50. The van der Waals surface area contributed by atoms with E-state index in [4.69, 9.17) is 0 Å². The Morgan fingerprint density at radius 2 is 1.52 bits per heavy atom. The summed E-state index contributed by atoms with van der Waals surface area (Å²) in [4.78, 5) is 0. The number of hydrogen-bond acceptors (Lipinski definition) is 0. The molecule has 0 saturated heterocycles. The van der Waals surface area contributed by atoms with Gasteiger partial charge in [-0.3, -0.25) is 0 Å². The van der Waals surface area contributed by atoms with Crippen LogP contribution in [0.1, 0.15) is 65.0 Å². The summed E-state index contributed by atoms with van der Waals surface area (Å²) in [5.74, 6) is 0. The van der Waals surface area contributed by atoms with E-state index in [0.29, 0.717) is 5.25 Å². The lowest BCUT2D eigenvalue weighted by molar-refractivity contribution is 0.824. The van der Waals surface area contributed by atoms with Crippen LogP contribution in [0.25, 0.3) is 5.57 Å². The lowest BCUT2D eigenvalue weighted by Gasteiger charge is -2.38. The van der Waals surface area contributed by atoms with Crippen molar-refractivity contribution in [3.05, 3.63) is 63.1 Å². The minimum atomic E-state index is -0.897. The third-order valence-corrected chi connectivity index (χ3v) is 8.69. The van der Waals surface area contributed by atoms with Crippen LogP contribution < -0.4 is 0 Å². The van der Waals surface area contributed by atoms with Crippen LogP contribution in [-0.4, -0.2) is 17.8 Å². The summed E-state index contributed by atoms with van der Waals surface area (Å²) in [7, 11) is -0.897. The molecule has 0 amide bonds. The molecule has 1 aromatic rings. The largest absolute Gasteiger partial charge is 0.216 e. The van der Waals surface area contributed by atoms with Gasteiger partial charge < -0.3 is 0 Å². The summed E-state index contributed by atoms with van der Waals surface area (Å²) in [6.07, 6.45) is 8.70. The smallest absolute Gasteiger partial charge is 0.0344 e. The van der Waals surface area contributed by atoms with Crippen LogP contribution in [0.3, 0.4) is 0 Å². The molecule has 0 aromatic heterocycles. The maximum absolute atomic E-state index is 2.66. The van der Waals surface area contributed by atoms with Crippen molar-refractivity contribution in [2.24, 2.45) is 0 Å². The van der Waals surface area contributed by atoms with Gasteiger partial charge >= 0.3 is 0 Å². The topological polar surface area (TPSA) is 0 Å². The minimum absolute atomic E-state index is 0.605. The highest BCUT2D eigenvalue weighted by atomic mass is 32.3. The normalized spacial score (nSPS) is 17.7. The van der Waals surface area contributed by atoms with Gasteiger partial charge in [-0.1, -0.05) is 48.8 Å². The van der Waals surface area contributed by atoms with Crippen molar-refractivity contribution in [1.29, 1.82) is 0 Å². The second-order valence-electron chi connectivity index (χ2n) is 8.04. The summed E-state index contributed by atoms with van der Waals surface area (Å²) in [5.41, 5.74) is 10.6. The second-order valence-corrected chi connectivity index (χ2v) is 11.7. The molecule has 0 unspecified atom stereocenters. The first-order valence-electron chi connectivity index (χ1n) is 9.54. The van der Waals surface area contributed by atoms with Gasteiger partial charge in [0.25, 0.3) is 0 Å². The van der Waals surface area contributed by atoms with Crippen LogP contribution in [0.4, 0.5) is 0 Å². The molecule has 138 valence electrons. The Morgan fingerprint density at radius 3 is 2.04 bits per heavy atom. The fourth-order valence-electron chi connectivity index (χ4n) is 4.21. The van der Waals surface area contributed by atoms with E-state index < -0.39 is 10.0 Å². The Balaban J connectivity index is 2.50. The van der Waals surface area contributed by atoms with Crippen molar-refractivity contribution in [3.63, 3.8) is 0 Å². The Bertz CT molecular complexity index is 704. The molecule has 1 aliphatic carbocycles. The molecule has 1 heteroatoms. The third kappa shape index (κ3) is 4.14. The zero-order valence-corrected chi connectivity index (χ0v) is 18.3. The van der Waals surface area contributed by atoms with Crippen molar-refractivity contribution < 1.29 is 0 Å². The fraction of sp³-hybridized carbons (Fsp3) is 0.500. The number of aryl methyl sites for hydroxylation is 1. The first-order chi connectivity index (χ1) is 11.7. The predicted molar refractivity (Wildman–Crippen MR) is 119 cm³/mol. The number of allylic oxidation sites excluding steroid dienone is 3. The summed E-state index contributed by atoms with van der Waals surface area (Å²) in [6, 6.07) is 8.89. The van der Waals surface area contributed by atoms with Crippen LogP contribution in [0.2, 0.25) is 0 Å². The van der Waals surface area contributed by atoms with Gasteiger partial charge in [0.05, 0.1) is 0 Å². The molecule has 0 fully saturated rings. The Kier molecular flexibility index (Phi) is 6.43. The van der Waals surface area contributed by atoms with Gasteiger partial charge in [0, 0.05) is 5.25 Å². The molecule has 0 bridgehead atoms. The molecule has 1 aromatic carbocycles. The molecule has 1 aliphatic rings. The second kappa shape index (κ2) is 7.99. The highest BCUT2D eigenvalue weighted by Gasteiger charge is 2.33. The van der Waals surface area contributed by atoms with Crippen molar-refractivity contribution >= 4 is 15.6 Å². The molecule has 2 rings (SSSR count). The Hall–Kier alpha value is -1.21. The summed E-state index contributed by atoms with van der Waals surface area (Å²) in [6.45, 7) is 13.8. The van der Waals surface area contributed by atoms with Crippen LogP contribution in [0.5, 0.6) is 0 Å². The number of hydrogen-bond donors (Lipinski definition) is 0. The van der Waals surface area contributed by atoms with E-state index in [0.717, 1.165) is 0 Å². The molecule has 25 heavy (non-hydrogen) atoms. The van der Waals surface area contributed by atoms with E-state index in [9.17, 15) is 0 Å².